The highest BCUT2D eigenvalue weighted by molar-refractivity contribution is 7.19. The SMILES string of the molecule is Cc1cc2nc(N)nnc2cc1-c1ccc(Cl)s1. The third-order valence-corrected chi connectivity index (χ3v) is 3.92. The van der Waals surface area contributed by atoms with Crippen molar-refractivity contribution < 1.29 is 0 Å². The van der Waals surface area contributed by atoms with Crippen LogP contribution in [0.25, 0.3) is 21.5 Å². The maximum absolute atomic E-state index is 5.96. The van der Waals surface area contributed by atoms with Crippen molar-refractivity contribution in [2.45, 2.75) is 6.92 Å². The molecule has 3 rings (SSSR count). The summed E-state index contributed by atoms with van der Waals surface area (Å²) in [5.41, 5.74) is 9.22. The van der Waals surface area contributed by atoms with Crippen LogP contribution in [0.3, 0.4) is 0 Å². The number of nitrogens with zero attached hydrogens (tertiary/aromatic N) is 3. The molecule has 0 radical (unpaired) electrons. The second-order valence-electron chi connectivity index (χ2n) is 3.93. The third-order valence-electron chi connectivity index (χ3n) is 2.66. The first-order chi connectivity index (χ1) is 8.63. The number of nitrogens with two attached hydrogens (primary N) is 1. The van der Waals surface area contributed by atoms with Crippen molar-refractivity contribution >= 4 is 39.9 Å². The Kier molecular flexibility index (Phi) is 2.65. The molecular formula is C12H9ClN4S. The molecule has 0 aliphatic heterocycles. The monoisotopic (exact) mass is 276 g/mol. The highest BCUT2D eigenvalue weighted by Crippen LogP contribution is 2.34. The van der Waals surface area contributed by atoms with E-state index in [1.807, 2.05) is 31.2 Å². The van der Waals surface area contributed by atoms with Crippen LogP contribution in [-0.4, -0.2) is 15.2 Å². The molecule has 6 heteroatoms. The summed E-state index contributed by atoms with van der Waals surface area (Å²) >= 11 is 7.50. The standard InChI is InChI=1S/C12H9ClN4S/c1-6-4-8-9(16-17-12(14)15-8)5-7(6)10-2-3-11(13)18-10/h2-5H,1H3,(H2,14,15,17). The Morgan fingerprint density at radius 2 is 2.00 bits per heavy atom. The van der Waals surface area contributed by atoms with E-state index in [1.165, 1.54) is 11.3 Å². The van der Waals surface area contributed by atoms with Crippen molar-refractivity contribution in [1.82, 2.24) is 15.2 Å². The van der Waals surface area contributed by atoms with Gasteiger partial charge in [0, 0.05) is 4.88 Å². The molecule has 2 heterocycles. The molecule has 4 nitrogen and oxygen atoms in total. The van der Waals surface area contributed by atoms with Gasteiger partial charge in [-0.3, -0.25) is 0 Å². The molecule has 3 aromatic rings. The number of thiophene rings is 1. The Hall–Kier alpha value is -1.72. The van der Waals surface area contributed by atoms with Crippen molar-refractivity contribution in [3.05, 3.63) is 34.2 Å². The fourth-order valence-corrected chi connectivity index (χ4v) is 2.95. The third kappa shape index (κ3) is 1.91. The summed E-state index contributed by atoms with van der Waals surface area (Å²) in [6.07, 6.45) is 0. The van der Waals surface area contributed by atoms with E-state index in [4.69, 9.17) is 17.3 Å². The van der Waals surface area contributed by atoms with E-state index in [-0.39, 0.29) is 5.95 Å². The first kappa shape index (κ1) is 11.4. The molecule has 0 unspecified atom stereocenters. The number of fused-ring (bicyclic) bond motifs is 1. The van der Waals surface area contributed by atoms with Crippen molar-refractivity contribution in [3.8, 4) is 10.4 Å². The predicted octanol–water partition coefficient (Wildman–Crippen LogP) is 3.30. The summed E-state index contributed by atoms with van der Waals surface area (Å²) in [4.78, 5) is 5.27. The minimum atomic E-state index is 0.189. The molecule has 0 saturated carbocycles. The number of benzene rings is 1. The van der Waals surface area contributed by atoms with Crippen LogP contribution in [0.4, 0.5) is 5.95 Å². The maximum atomic E-state index is 5.96. The summed E-state index contributed by atoms with van der Waals surface area (Å²) in [7, 11) is 0. The zero-order valence-electron chi connectivity index (χ0n) is 9.51. The van der Waals surface area contributed by atoms with Gasteiger partial charge in [0.2, 0.25) is 5.95 Å². The van der Waals surface area contributed by atoms with Gasteiger partial charge >= 0.3 is 0 Å². The van der Waals surface area contributed by atoms with E-state index < -0.39 is 0 Å². The van der Waals surface area contributed by atoms with Gasteiger partial charge in [-0.25, -0.2) is 4.98 Å². The molecule has 2 N–H and O–H groups in total. The van der Waals surface area contributed by atoms with Gasteiger partial charge in [0.25, 0.3) is 0 Å². The number of aryl methyl sites for hydroxylation is 1. The number of hydrogen-bond donors (Lipinski definition) is 1. The van der Waals surface area contributed by atoms with Gasteiger partial charge in [-0.1, -0.05) is 11.6 Å². The van der Waals surface area contributed by atoms with Crippen LogP contribution in [0, 0.1) is 6.92 Å². The summed E-state index contributed by atoms with van der Waals surface area (Å²) in [6, 6.07) is 7.81. The first-order valence-electron chi connectivity index (χ1n) is 5.30. The van der Waals surface area contributed by atoms with Crippen molar-refractivity contribution in [1.29, 1.82) is 0 Å². The second kappa shape index (κ2) is 4.19. The maximum Gasteiger partial charge on any atom is 0.240 e. The largest absolute Gasteiger partial charge is 0.366 e. The molecule has 0 saturated heterocycles. The fourth-order valence-electron chi connectivity index (χ4n) is 1.83. The molecule has 2 aromatic heterocycles. The van der Waals surface area contributed by atoms with Crippen LogP contribution in [-0.2, 0) is 0 Å². The van der Waals surface area contributed by atoms with Crippen LogP contribution in [0.15, 0.2) is 24.3 Å². The molecule has 0 spiro atoms. The number of aromatic nitrogens is 3. The van der Waals surface area contributed by atoms with E-state index in [0.29, 0.717) is 0 Å². The van der Waals surface area contributed by atoms with Crippen LogP contribution in [0.2, 0.25) is 4.34 Å². The number of halogens is 1. The quantitative estimate of drug-likeness (QED) is 0.741. The number of hydrogen-bond acceptors (Lipinski definition) is 5. The zero-order valence-corrected chi connectivity index (χ0v) is 11.1. The Morgan fingerprint density at radius 3 is 2.72 bits per heavy atom. The van der Waals surface area contributed by atoms with Gasteiger partial charge in [0.05, 0.1) is 9.85 Å². The highest BCUT2D eigenvalue weighted by Gasteiger charge is 2.08. The molecule has 0 aliphatic carbocycles. The van der Waals surface area contributed by atoms with E-state index in [9.17, 15) is 0 Å². The number of nitrogen functional groups attached to an aromatic ring is 1. The predicted molar refractivity (Wildman–Crippen MR) is 74.8 cm³/mol. The molecule has 0 aliphatic rings. The molecule has 0 atom stereocenters. The van der Waals surface area contributed by atoms with Gasteiger partial charge in [-0.15, -0.1) is 21.5 Å². The lowest BCUT2D eigenvalue weighted by Gasteiger charge is -2.05. The summed E-state index contributed by atoms with van der Waals surface area (Å²) < 4.78 is 0.769. The molecule has 0 amide bonds. The highest BCUT2D eigenvalue weighted by atomic mass is 35.5. The van der Waals surface area contributed by atoms with Crippen LogP contribution in [0.1, 0.15) is 5.56 Å². The van der Waals surface area contributed by atoms with Gasteiger partial charge < -0.3 is 5.73 Å². The molecule has 90 valence electrons. The minimum absolute atomic E-state index is 0.189. The zero-order chi connectivity index (χ0) is 12.7. The Balaban J connectivity index is 2.24. The minimum Gasteiger partial charge on any atom is -0.366 e. The number of anilines is 1. The van der Waals surface area contributed by atoms with Gasteiger partial charge in [0.15, 0.2) is 0 Å². The molecule has 1 aromatic carbocycles. The van der Waals surface area contributed by atoms with Crippen molar-refractivity contribution in [3.63, 3.8) is 0 Å². The average Bonchev–Trinajstić information content (AvgIpc) is 2.74. The van der Waals surface area contributed by atoms with Crippen LogP contribution in [0.5, 0.6) is 0 Å². The second-order valence-corrected chi connectivity index (χ2v) is 5.64. The van der Waals surface area contributed by atoms with E-state index in [1.54, 1.807) is 0 Å². The Morgan fingerprint density at radius 1 is 1.17 bits per heavy atom. The van der Waals surface area contributed by atoms with E-state index in [0.717, 1.165) is 31.4 Å². The molecule has 18 heavy (non-hydrogen) atoms. The van der Waals surface area contributed by atoms with Gasteiger partial charge in [0.1, 0.15) is 5.52 Å². The topological polar surface area (TPSA) is 64.7 Å². The Labute approximate surface area is 112 Å². The first-order valence-corrected chi connectivity index (χ1v) is 6.49. The van der Waals surface area contributed by atoms with Gasteiger partial charge in [-0.05, 0) is 42.3 Å². The van der Waals surface area contributed by atoms with Crippen molar-refractivity contribution in [2.24, 2.45) is 0 Å². The summed E-state index contributed by atoms with van der Waals surface area (Å²) in [6.45, 7) is 2.03. The fraction of sp³-hybridized carbons (Fsp3) is 0.0833. The number of rotatable bonds is 1. The average molecular weight is 277 g/mol. The summed E-state index contributed by atoms with van der Waals surface area (Å²) in [5, 5.41) is 7.82. The smallest absolute Gasteiger partial charge is 0.240 e. The Bertz CT molecular complexity index is 738. The normalized spacial score (nSPS) is 11.0. The molecular weight excluding hydrogens is 268 g/mol. The lowest BCUT2D eigenvalue weighted by Crippen LogP contribution is -1.98. The summed E-state index contributed by atoms with van der Waals surface area (Å²) in [5.74, 6) is 0.189. The van der Waals surface area contributed by atoms with Crippen LogP contribution >= 0.6 is 22.9 Å². The lowest BCUT2D eigenvalue weighted by molar-refractivity contribution is 1.04. The molecule has 0 bridgehead atoms. The van der Waals surface area contributed by atoms with Gasteiger partial charge in [-0.2, -0.15) is 0 Å². The molecule has 0 fully saturated rings. The van der Waals surface area contributed by atoms with Crippen LogP contribution < -0.4 is 5.73 Å². The van der Waals surface area contributed by atoms with Crippen molar-refractivity contribution in [2.75, 3.05) is 5.73 Å². The lowest BCUT2D eigenvalue weighted by atomic mass is 10.1. The van der Waals surface area contributed by atoms with E-state index >= 15 is 0 Å². The van der Waals surface area contributed by atoms with E-state index in [2.05, 4.69) is 15.2 Å².